The molecule has 1 aromatic rings. The van der Waals surface area contributed by atoms with Crippen molar-refractivity contribution in [2.45, 2.75) is 46.1 Å². The molecule has 0 unspecified atom stereocenters. The highest BCUT2D eigenvalue weighted by Gasteiger charge is 2.08. The molecule has 0 amide bonds. The summed E-state index contributed by atoms with van der Waals surface area (Å²) in [6.07, 6.45) is 5.37. The highest BCUT2D eigenvalue weighted by Crippen LogP contribution is 2.07. The number of nitrogens with zero attached hydrogens (tertiary/aromatic N) is 1. The van der Waals surface area contributed by atoms with Crippen LogP contribution in [-0.4, -0.2) is 23.1 Å². The maximum atomic E-state index is 11.8. The number of pyridine rings is 1. The van der Waals surface area contributed by atoms with Gasteiger partial charge in [0.25, 0.3) is 0 Å². The third-order valence-electron chi connectivity index (χ3n) is 2.70. The third kappa shape index (κ3) is 4.95. The van der Waals surface area contributed by atoms with Crippen LogP contribution in [0.1, 0.15) is 45.2 Å². The van der Waals surface area contributed by atoms with Gasteiger partial charge < -0.3 is 14.7 Å². The first kappa shape index (κ1) is 15.6. The van der Waals surface area contributed by atoms with E-state index in [1.54, 1.807) is 0 Å². The van der Waals surface area contributed by atoms with Crippen molar-refractivity contribution in [1.29, 1.82) is 0 Å². The second kappa shape index (κ2) is 8.58. The Labute approximate surface area is 113 Å². The molecule has 5 nitrogen and oxygen atoms in total. The first-order valence-electron chi connectivity index (χ1n) is 6.85. The first-order valence-corrected chi connectivity index (χ1v) is 6.85. The van der Waals surface area contributed by atoms with Crippen molar-refractivity contribution in [3.8, 4) is 5.75 Å². The molecule has 0 aliphatic rings. The molecule has 1 heterocycles. The van der Waals surface area contributed by atoms with Crippen LogP contribution in [0.3, 0.4) is 0 Å². The minimum atomic E-state index is -0.239. The summed E-state index contributed by atoms with van der Waals surface area (Å²) in [6, 6.07) is 1.35. The predicted octanol–water partition coefficient (Wildman–Crippen LogP) is 1.75. The molecule has 1 N–H and O–H groups in total. The molecular formula is C14H23NO4. The summed E-state index contributed by atoms with van der Waals surface area (Å²) in [4.78, 5) is 17.3. The van der Waals surface area contributed by atoms with E-state index >= 15 is 0 Å². The fourth-order valence-electron chi connectivity index (χ4n) is 1.52. The van der Waals surface area contributed by atoms with E-state index in [-0.39, 0.29) is 17.8 Å². The van der Waals surface area contributed by atoms with Gasteiger partial charge in [0.15, 0.2) is 5.75 Å². The molecule has 0 aromatic carbocycles. The molecule has 0 aliphatic carbocycles. The first-order chi connectivity index (χ1) is 9.22. The highest BCUT2D eigenvalue weighted by atomic mass is 16.7. The molecule has 0 spiro atoms. The molecule has 0 saturated carbocycles. The number of ether oxygens (including phenoxy) is 1. The van der Waals surface area contributed by atoms with Gasteiger partial charge in [-0.15, -0.1) is 0 Å². The molecule has 0 bridgehead atoms. The van der Waals surface area contributed by atoms with Gasteiger partial charge in [0, 0.05) is 6.07 Å². The summed E-state index contributed by atoms with van der Waals surface area (Å²) >= 11 is 0. The highest BCUT2D eigenvalue weighted by molar-refractivity contribution is 5.21. The second-order valence-corrected chi connectivity index (χ2v) is 4.37. The van der Waals surface area contributed by atoms with Crippen LogP contribution < -0.4 is 15.0 Å². The Hall–Kier alpha value is -1.49. The molecule has 0 atom stereocenters. The van der Waals surface area contributed by atoms with E-state index in [1.807, 2.05) is 0 Å². The Morgan fingerprint density at radius 1 is 1.21 bits per heavy atom. The summed E-state index contributed by atoms with van der Waals surface area (Å²) in [5, 5.41) is 9.22. The van der Waals surface area contributed by atoms with E-state index in [0.29, 0.717) is 18.9 Å². The number of aliphatic hydroxyl groups excluding tert-OH is 1. The van der Waals surface area contributed by atoms with Crippen LogP contribution in [0.4, 0.5) is 0 Å². The summed E-state index contributed by atoms with van der Waals surface area (Å²) in [6.45, 7) is 4.95. The van der Waals surface area contributed by atoms with E-state index < -0.39 is 0 Å². The van der Waals surface area contributed by atoms with Crippen molar-refractivity contribution in [2.75, 3.05) is 13.2 Å². The van der Waals surface area contributed by atoms with Crippen molar-refractivity contribution in [3.63, 3.8) is 0 Å². The van der Waals surface area contributed by atoms with Crippen LogP contribution in [-0.2, 0) is 6.61 Å². The maximum absolute atomic E-state index is 11.8. The maximum Gasteiger partial charge on any atom is 0.223 e. The lowest BCUT2D eigenvalue weighted by molar-refractivity contribution is 0.0864. The molecule has 19 heavy (non-hydrogen) atoms. The quantitative estimate of drug-likeness (QED) is 0.694. The van der Waals surface area contributed by atoms with E-state index in [1.165, 1.54) is 17.0 Å². The zero-order valence-corrected chi connectivity index (χ0v) is 11.7. The van der Waals surface area contributed by atoms with Crippen LogP contribution in [0.25, 0.3) is 0 Å². The Kier molecular flexibility index (Phi) is 7.03. The second-order valence-electron chi connectivity index (χ2n) is 4.37. The molecule has 0 radical (unpaired) electrons. The van der Waals surface area contributed by atoms with Gasteiger partial charge in [0.1, 0.15) is 6.61 Å². The minimum Gasteiger partial charge on any atom is -0.488 e. The van der Waals surface area contributed by atoms with Gasteiger partial charge in [0.2, 0.25) is 5.43 Å². The fourth-order valence-corrected chi connectivity index (χ4v) is 1.52. The zero-order valence-electron chi connectivity index (χ0n) is 11.7. The van der Waals surface area contributed by atoms with Gasteiger partial charge in [-0.3, -0.25) is 4.79 Å². The molecule has 0 aliphatic heterocycles. The lowest BCUT2D eigenvalue weighted by atomic mass is 10.3. The number of aliphatic hydroxyl groups is 1. The topological polar surface area (TPSA) is 60.7 Å². The van der Waals surface area contributed by atoms with Gasteiger partial charge in [-0.25, -0.2) is 0 Å². The number of aromatic nitrogens is 1. The molecule has 1 aromatic heterocycles. The molecular weight excluding hydrogens is 246 g/mol. The molecule has 1 rings (SSSR count). The van der Waals surface area contributed by atoms with Crippen molar-refractivity contribution >= 4 is 0 Å². The number of hydrogen-bond donors (Lipinski definition) is 1. The van der Waals surface area contributed by atoms with E-state index in [0.717, 1.165) is 25.7 Å². The summed E-state index contributed by atoms with van der Waals surface area (Å²) < 4.78 is 6.86. The van der Waals surface area contributed by atoms with Gasteiger partial charge >= 0.3 is 0 Å². The van der Waals surface area contributed by atoms with Crippen LogP contribution in [0.15, 0.2) is 17.1 Å². The normalized spacial score (nSPS) is 10.5. The minimum absolute atomic E-state index is 0.226. The zero-order chi connectivity index (χ0) is 14.1. The Morgan fingerprint density at radius 2 is 1.89 bits per heavy atom. The molecule has 0 fully saturated rings. The van der Waals surface area contributed by atoms with Crippen LogP contribution in [0.2, 0.25) is 0 Å². The molecule has 0 saturated heterocycles. The van der Waals surface area contributed by atoms with Crippen molar-refractivity contribution in [3.05, 3.63) is 28.2 Å². The van der Waals surface area contributed by atoms with E-state index in [4.69, 9.17) is 9.57 Å². The predicted molar refractivity (Wildman–Crippen MR) is 73.4 cm³/mol. The largest absolute Gasteiger partial charge is 0.488 e. The summed E-state index contributed by atoms with van der Waals surface area (Å²) in [7, 11) is 0. The smallest absolute Gasteiger partial charge is 0.223 e. The Bertz CT molecular complexity index is 428. The average Bonchev–Trinajstić information content (AvgIpc) is 2.42. The number of rotatable bonds is 9. The standard InChI is InChI=1S/C14H23NO4/c1-3-5-7-18-14-10-15(19-8-6-4-2)12(11-16)9-13(14)17/h9-10,16H,3-8,11H2,1-2H3. The third-order valence-corrected chi connectivity index (χ3v) is 2.70. The number of unbranched alkanes of at least 4 members (excludes halogenated alkanes) is 2. The fraction of sp³-hybridized carbons (Fsp3) is 0.643. The van der Waals surface area contributed by atoms with Gasteiger partial charge in [-0.2, -0.15) is 4.73 Å². The average molecular weight is 269 g/mol. The van der Waals surface area contributed by atoms with Crippen LogP contribution in [0, 0.1) is 0 Å². The molecule has 5 heteroatoms. The Morgan fingerprint density at radius 3 is 2.53 bits per heavy atom. The van der Waals surface area contributed by atoms with Crippen molar-refractivity contribution in [2.24, 2.45) is 0 Å². The summed E-state index contributed by atoms with van der Waals surface area (Å²) in [5.74, 6) is 0.266. The van der Waals surface area contributed by atoms with Crippen LogP contribution >= 0.6 is 0 Å². The lowest BCUT2D eigenvalue weighted by Gasteiger charge is -2.14. The van der Waals surface area contributed by atoms with Crippen molar-refractivity contribution < 1.29 is 14.7 Å². The van der Waals surface area contributed by atoms with E-state index in [9.17, 15) is 9.90 Å². The van der Waals surface area contributed by atoms with Gasteiger partial charge in [-0.1, -0.05) is 26.7 Å². The molecule has 108 valence electrons. The van der Waals surface area contributed by atoms with E-state index in [2.05, 4.69) is 13.8 Å². The van der Waals surface area contributed by atoms with Crippen molar-refractivity contribution in [1.82, 2.24) is 4.73 Å². The summed E-state index contributed by atoms with van der Waals surface area (Å²) in [5.41, 5.74) is 0.208. The van der Waals surface area contributed by atoms with Gasteiger partial charge in [-0.05, 0) is 12.8 Å². The number of hydrogen-bond acceptors (Lipinski definition) is 4. The van der Waals surface area contributed by atoms with Gasteiger partial charge in [0.05, 0.1) is 25.1 Å². The van der Waals surface area contributed by atoms with Crippen LogP contribution in [0.5, 0.6) is 5.75 Å². The Balaban J connectivity index is 2.81. The SMILES string of the molecule is CCCCOc1cn(OCCCC)c(CO)cc1=O. The lowest BCUT2D eigenvalue weighted by Crippen LogP contribution is -2.21. The monoisotopic (exact) mass is 269 g/mol.